The Balaban J connectivity index is 4.15. The van der Waals surface area contributed by atoms with E-state index in [9.17, 15) is 9.59 Å². The van der Waals surface area contributed by atoms with Gasteiger partial charge in [0, 0.05) is 0 Å². The zero-order chi connectivity index (χ0) is 8.85. The van der Waals surface area contributed by atoms with Gasteiger partial charge in [-0.25, -0.2) is 11.7 Å². The Bertz CT molecular complexity index is 143. The van der Waals surface area contributed by atoms with Crippen LogP contribution >= 0.6 is 0 Å². The monoisotopic (exact) mass is 160 g/mol. The lowest BCUT2D eigenvalue weighted by atomic mass is 10.1. The molecule has 0 fully saturated rings. The van der Waals surface area contributed by atoms with Crippen LogP contribution in [0.5, 0.6) is 0 Å². The number of hydrogen-bond acceptors (Lipinski definition) is 4. The van der Waals surface area contributed by atoms with Gasteiger partial charge in [0.25, 0.3) is 0 Å². The summed E-state index contributed by atoms with van der Waals surface area (Å²) in [6.45, 7) is 1.69. The van der Waals surface area contributed by atoms with Crippen molar-refractivity contribution in [1.82, 2.24) is 10.9 Å². The molecule has 11 heavy (non-hydrogen) atoms. The number of nitrogens with one attached hydrogen (secondary N) is 2. The van der Waals surface area contributed by atoms with E-state index in [0.29, 0.717) is 6.42 Å². The quantitative estimate of drug-likeness (QED) is 0.165. The molecule has 6 N–H and O–H groups in total. The van der Waals surface area contributed by atoms with Crippen molar-refractivity contribution in [1.29, 1.82) is 0 Å². The third-order valence-electron chi connectivity index (χ3n) is 1.33. The van der Waals surface area contributed by atoms with Gasteiger partial charge in [-0.1, -0.05) is 6.92 Å². The average molecular weight is 160 g/mol. The van der Waals surface area contributed by atoms with Crippen molar-refractivity contribution in [3.05, 3.63) is 0 Å². The zero-order valence-corrected chi connectivity index (χ0v) is 6.26. The molecule has 2 amide bonds. The van der Waals surface area contributed by atoms with Crippen molar-refractivity contribution in [3.8, 4) is 0 Å². The molecule has 0 saturated carbocycles. The maximum absolute atomic E-state index is 10.8. The molecule has 0 atom stereocenters. The Morgan fingerprint density at radius 1 is 1.27 bits per heavy atom. The van der Waals surface area contributed by atoms with E-state index < -0.39 is 17.7 Å². The Morgan fingerprint density at radius 2 is 1.64 bits per heavy atom. The molecule has 0 aliphatic rings. The first-order valence-electron chi connectivity index (χ1n) is 3.18. The van der Waals surface area contributed by atoms with E-state index in [-0.39, 0.29) is 0 Å². The maximum atomic E-state index is 10.8. The molecule has 64 valence electrons. The zero-order valence-electron chi connectivity index (χ0n) is 6.26. The highest BCUT2D eigenvalue weighted by Gasteiger charge is 2.22. The smallest absolute Gasteiger partial charge is 0.246 e. The normalized spacial score (nSPS) is 9.45. The van der Waals surface area contributed by atoms with Crippen molar-refractivity contribution in [2.75, 3.05) is 0 Å². The number of rotatable bonds is 3. The molecule has 0 aromatic heterocycles. The van der Waals surface area contributed by atoms with Crippen molar-refractivity contribution >= 4 is 11.8 Å². The molecule has 0 aliphatic carbocycles. The van der Waals surface area contributed by atoms with E-state index in [1.807, 2.05) is 10.9 Å². The van der Waals surface area contributed by atoms with Crippen LogP contribution in [0.3, 0.4) is 0 Å². The molecular formula is C5H12N4O2. The Kier molecular flexibility index (Phi) is 4.16. The van der Waals surface area contributed by atoms with E-state index in [1.165, 1.54) is 0 Å². The number of carbonyl (C=O) groups is 2. The minimum absolute atomic E-state index is 0.367. The van der Waals surface area contributed by atoms with Gasteiger partial charge in [-0.15, -0.1) is 0 Å². The molecule has 0 rings (SSSR count). The first-order chi connectivity index (χ1) is 5.17. The second-order valence-electron chi connectivity index (χ2n) is 1.98. The van der Waals surface area contributed by atoms with E-state index in [1.54, 1.807) is 6.92 Å². The second-order valence-corrected chi connectivity index (χ2v) is 1.98. The average Bonchev–Trinajstić information content (AvgIpc) is 2.05. The largest absolute Gasteiger partial charge is 0.294 e. The summed E-state index contributed by atoms with van der Waals surface area (Å²) >= 11 is 0. The molecule has 0 aromatic carbocycles. The van der Waals surface area contributed by atoms with Crippen LogP contribution in [0.2, 0.25) is 0 Å². The number of amides is 2. The molecule has 0 bridgehead atoms. The summed E-state index contributed by atoms with van der Waals surface area (Å²) in [5.74, 6) is 7.78. The maximum Gasteiger partial charge on any atom is 0.246 e. The lowest BCUT2D eigenvalue weighted by Gasteiger charge is -2.09. The number of carbonyl (C=O) groups excluding carboxylic acids is 2. The fourth-order valence-electron chi connectivity index (χ4n) is 0.691. The number of hydrazine groups is 2. The standard InChI is InChI=1S/C5H12N4O2/c1-2-3(4(10)8-6)5(11)9-7/h3H,2,6-7H2,1H3,(H,8,10)(H,9,11). The molecule has 0 heterocycles. The summed E-state index contributed by atoms with van der Waals surface area (Å²) in [7, 11) is 0. The minimum atomic E-state index is -0.801. The first kappa shape index (κ1) is 9.86. The van der Waals surface area contributed by atoms with Crippen LogP contribution in [-0.4, -0.2) is 11.8 Å². The van der Waals surface area contributed by atoms with Gasteiger partial charge in [0.15, 0.2) is 0 Å². The third-order valence-corrected chi connectivity index (χ3v) is 1.33. The van der Waals surface area contributed by atoms with Crippen LogP contribution in [0, 0.1) is 5.92 Å². The van der Waals surface area contributed by atoms with Gasteiger partial charge < -0.3 is 0 Å². The molecule has 6 heteroatoms. The van der Waals surface area contributed by atoms with Gasteiger partial charge in [-0.05, 0) is 6.42 Å². The molecule has 0 spiro atoms. The summed E-state index contributed by atoms with van der Waals surface area (Å²) in [5.41, 5.74) is 3.75. The van der Waals surface area contributed by atoms with E-state index in [0.717, 1.165) is 0 Å². The summed E-state index contributed by atoms with van der Waals surface area (Å²) in [6, 6.07) is 0. The molecule has 6 nitrogen and oxygen atoms in total. The number of nitrogens with two attached hydrogens (primary N) is 2. The lowest BCUT2D eigenvalue weighted by Crippen LogP contribution is -2.45. The topological polar surface area (TPSA) is 110 Å². The van der Waals surface area contributed by atoms with E-state index in [2.05, 4.69) is 0 Å². The van der Waals surface area contributed by atoms with Crippen LogP contribution < -0.4 is 22.5 Å². The van der Waals surface area contributed by atoms with E-state index >= 15 is 0 Å². The fourth-order valence-corrected chi connectivity index (χ4v) is 0.691. The Hall–Kier alpha value is -1.14. The Morgan fingerprint density at radius 3 is 1.82 bits per heavy atom. The SMILES string of the molecule is CCC(C(=O)NN)C(=O)NN. The molecule has 0 aromatic rings. The molecule has 0 saturated heterocycles. The van der Waals surface area contributed by atoms with Gasteiger partial charge >= 0.3 is 0 Å². The lowest BCUT2D eigenvalue weighted by molar-refractivity contribution is -0.135. The number of hydrogen-bond donors (Lipinski definition) is 4. The molecule has 0 radical (unpaired) electrons. The van der Waals surface area contributed by atoms with Gasteiger partial charge in [0.05, 0.1) is 0 Å². The van der Waals surface area contributed by atoms with Gasteiger partial charge in [-0.3, -0.25) is 20.4 Å². The van der Waals surface area contributed by atoms with Gasteiger partial charge in [-0.2, -0.15) is 0 Å². The predicted octanol–water partition coefficient (Wildman–Crippen LogP) is -2.01. The van der Waals surface area contributed by atoms with E-state index in [4.69, 9.17) is 11.7 Å². The third kappa shape index (κ3) is 2.52. The highest BCUT2D eigenvalue weighted by molar-refractivity contribution is 5.99. The van der Waals surface area contributed by atoms with Crippen molar-refractivity contribution in [2.45, 2.75) is 13.3 Å². The fraction of sp³-hybridized carbons (Fsp3) is 0.600. The summed E-state index contributed by atoms with van der Waals surface area (Å²) in [4.78, 5) is 21.6. The van der Waals surface area contributed by atoms with Crippen LogP contribution in [0.15, 0.2) is 0 Å². The summed E-state index contributed by atoms with van der Waals surface area (Å²) < 4.78 is 0. The first-order valence-corrected chi connectivity index (χ1v) is 3.18. The molecule has 0 aliphatic heterocycles. The van der Waals surface area contributed by atoms with Gasteiger partial charge in [0.2, 0.25) is 11.8 Å². The highest BCUT2D eigenvalue weighted by atomic mass is 16.2. The van der Waals surface area contributed by atoms with Gasteiger partial charge in [0.1, 0.15) is 5.92 Å². The van der Waals surface area contributed by atoms with Crippen LogP contribution in [0.1, 0.15) is 13.3 Å². The minimum Gasteiger partial charge on any atom is -0.294 e. The molecular weight excluding hydrogens is 148 g/mol. The predicted molar refractivity (Wildman–Crippen MR) is 38.4 cm³/mol. The summed E-state index contributed by atoms with van der Waals surface area (Å²) in [6.07, 6.45) is 0.367. The highest BCUT2D eigenvalue weighted by Crippen LogP contribution is 2.00. The molecule has 0 unspecified atom stereocenters. The van der Waals surface area contributed by atoms with Crippen LogP contribution in [0.25, 0.3) is 0 Å². The van der Waals surface area contributed by atoms with Crippen molar-refractivity contribution < 1.29 is 9.59 Å². The van der Waals surface area contributed by atoms with Crippen molar-refractivity contribution in [2.24, 2.45) is 17.6 Å². The second kappa shape index (κ2) is 4.64. The van der Waals surface area contributed by atoms with Crippen LogP contribution in [-0.2, 0) is 9.59 Å². The summed E-state index contributed by atoms with van der Waals surface area (Å²) in [5, 5.41) is 0. The Labute approximate surface area is 64.2 Å². The van der Waals surface area contributed by atoms with Crippen molar-refractivity contribution in [3.63, 3.8) is 0 Å². The van der Waals surface area contributed by atoms with Crippen LogP contribution in [0.4, 0.5) is 0 Å².